The summed E-state index contributed by atoms with van der Waals surface area (Å²) in [6, 6.07) is 0.931. The van der Waals surface area contributed by atoms with E-state index in [-0.39, 0.29) is 0 Å². The maximum atomic E-state index is 2.38. The zero-order valence-corrected chi connectivity index (χ0v) is 8.43. The normalized spacial score (nSPS) is 36.0. The highest BCUT2D eigenvalue weighted by Crippen LogP contribution is 2.30. The van der Waals surface area contributed by atoms with Crippen LogP contribution in [0.4, 0.5) is 0 Å². The molecule has 1 saturated heterocycles. The van der Waals surface area contributed by atoms with Gasteiger partial charge in [-0.2, -0.15) is 0 Å². The van der Waals surface area contributed by atoms with Crippen LogP contribution >= 0.6 is 0 Å². The minimum absolute atomic E-state index is 0.931. The fourth-order valence-corrected chi connectivity index (χ4v) is 2.52. The van der Waals surface area contributed by atoms with E-state index in [4.69, 9.17) is 0 Å². The molecule has 2 unspecified atom stereocenters. The Bertz CT molecular complexity index is 129. The van der Waals surface area contributed by atoms with Gasteiger partial charge in [0.1, 0.15) is 0 Å². The highest BCUT2D eigenvalue weighted by Gasteiger charge is 2.38. The van der Waals surface area contributed by atoms with Crippen molar-refractivity contribution in [1.82, 2.24) is 0 Å². The molecule has 1 fully saturated rings. The van der Waals surface area contributed by atoms with Crippen LogP contribution in [0.1, 0.15) is 33.1 Å². The third-order valence-corrected chi connectivity index (χ3v) is 3.37. The summed E-state index contributed by atoms with van der Waals surface area (Å²) in [6.45, 7) is 6.04. The molecule has 0 aromatic rings. The molecule has 1 heteroatoms. The number of hydrogen-bond acceptors (Lipinski definition) is 0. The molecule has 0 aromatic heterocycles. The summed E-state index contributed by atoms with van der Waals surface area (Å²) in [7, 11) is 4.76. The summed E-state index contributed by atoms with van der Waals surface area (Å²) in [5.74, 6) is 0.995. The monoisotopic (exact) mass is 156 g/mol. The molecule has 0 radical (unpaired) electrons. The second-order valence-corrected chi connectivity index (χ2v) is 4.53. The molecule has 66 valence electrons. The molecular weight excluding hydrogens is 134 g/mol. The van der Waals surface area contributed by atoms with Gasteiger partial charge in [-0.15, -0.1) is 0 Å². The molecule has 11 heavy (non-hydrogen) atoms. The van der Waals surface area contributed by atoms with Crippen molar-refractivity contribution < 1.29 is 4.48 Å². The predicted octanol–water partition coefficient (Wildman–Crippen LogP) is 2.27. The Morgan fingerprint density at radius 3 is 2.09 bits per heavy atom. The Morgan fingerprint density at radius 1 is 1.18 bits per heavy atom. The van der Waals surface area contributed by atoms with E-state index < -0.39 is 0 Å². The van der Waals surface area contributed by atoms with Gasteiger partial charge in [0.05, 0.1) is 26.7 Å². The number of nitrogens with zero attached hydrogens (tertiary/aromatic N) is 1. The average Bonchev–Trinajstić information content (AvgIpc) is 2.24. The van der Waals surface area contributed by atoms with Crippen molar-refractivity contribution in [3.05, 3.63) is 0 Å². The molecule has 0 bridgehead atoms. The van der Waals surface area contributed by atoms with Crippen LogP contribution in [0.5, 0.6) is 0 Å². The molecule has 0 N–H and O–H groups in total. The van der Waals surface area contributed by atoms with Gasteiger partial charge in [0.25, 0.3) is 0 Å². The van der Waals surface area contributed by atoms with E-state index in [0.29, 0.717) is 0 Å². The lowest BCUT2D eigenvalue weighted by Gasteiger charge is -2.30. The van der Waals surface area contributed by atoms with E-state index >= 15 is 0 Å². The highest BCUT2D eigenvalue weighted by molar-refractivity contribution is 4.71. The summed E-state index contributed by atoms with van der Waals surface area (Å²) in [4.78, 5) is 0. The van der Waals surface area contributed by atoms with Gasteiger partial charge in [0.15, 0.2) is 0 Å². The lowest BCUT2D eigenvalue weighted by molar-refractivity contribution is -0.903. The number of quaternary nitrogens is 1. The quantitative estimate of drug-likeness (QED) is 0.538. The van der Waals surface area contributed by atoms with E-state index in [1.54, 1.807) is 0 Å². The Balaban J connectivity index is 2.55. The van der Waals surface area contributed by atoms with Crippen molar-refractivity contribution in [1.29, 1.82) is 0 Å². The first-order valence-electron chi connectivity index (χ1n) is 4.92. The van der Waals surface area contributed by atoms with E-state index in [0.717, 1.165) is 12.0 Å². The largest absolute Gasteiger partial charge is 0.326 e. The molecule has 0 aliphatic carbocycles. The Hall–Kier alpha value is -0.0400. The summed E-state index contributed by atoms with van der Waals surface area (Å²) in [5.41, 5.74) is 0. The molecule has 0 amide bonds. The van der Waals surface area contributed by atoms with Gasteiger partial charge in [-0.05, 0) is 12.8 Å². The molecule has 2 atom stereocenters. The van der Waals surface area contributed by atoms with Gasteiger partial charge in [0, 0.05) is 12.3 Å². The van der Waals surface area contributed by atoms with Gasteiger partial charge in [-0.1, -0.05) is 13.8 Å². The molecule has 0 saturated carbocycles. The van der Waals surface area contributed by atoms with Crippen LogP contribution in [-0.4, -0.2) is 31.2 Å². The summed E-state index contributed by atoms with van der Waals surface area (Å²) in [6.07, 6.45) is 4.18. The van der Waals surface area contributed by atoms with Gasteiger partial charge in [-0.25, -0.2) is 0 Å². The molecule has 1 aliphatic heterocycles. The fraction of sp³-hybridized carbons (Fsp3) is 1.00. The first kappa shape index (κ1) is 9.05. The van der Waals surface area contributed by atoms with Crippen molar-refractivity contribution in [3.8, 4) is 0 Å². The molecular formula is C10H22N+. The van der Waals surface area contributed by atoms with Crippen LogP contribution in [-0.2, 0) is 0 Å². The maximum absolute atomic E-state index is 2.38. The number of hydrogen-bond donors (Lipinski definition) is 0. The minimum Gasteiger partial charge on any atom is -0.326 e. The summed E-state index contributed by atoms with van der Waals surface area (Å²) < 4.78 is 1.26. The smallest absolute Gasteiger partial charge is 0.0888 e. The topological polar surface area (TPSA) is 0 Å². The minimum atomic E-state index is 0.931. The Kier molecular flexibility index (Phi) is 2.58. The first-order valence-corrected chi connectivity index (χ1v) is 4.92. The molecule has 1 aliphatic rings. The van der Waals surface area contributed by atoms with Crippen LogP contribution < -0.4 is 0 Å². The van der Waals surface area contributed by atoms with Gasteiger partial charge in [-0.3, -0.25) is 0 Å². The third kappa shape index (κ3) is 1.76. The zero-order chi connectivity index (χ0) is 8.48. The van der Waals surface area contributed by atoms with Crippen molar-refractivity contribution in [2.75, 3.05) is 20.6 Å². The van der Waals surface area contributed by atoms with Crippen molar-refractivity contribution in [2.24, 2.45) is 5.92 Å². The van der Waals surface area contributed by atoms with Crippen molar-refractivity contribution >= 4 is 0 Å². The molecule has 1 heterocycles. The fourth-order valence-electron chi connectivity index (χ4n) is 2.52. The average molecular weight is 156 g/mol. The van der Waals surface area contributed by atoms with Crippen LogP contribution in [0.15, 0.2) is 0 Å². The SMILES string of the molecule is CCC1CC(CC)[N+](C)(C)C1. The first-order chi connectivity index (χ1) is 5.10. The Labute approximate surface area is 71.0 Å². The summed E-state index contributed by atoms with van der Waals surface area (Å²) >= 11 is 0. The highest BCUT2D eigenvalue weighted by atomic mass is 15.3. The Morgan fingerprint density at radius 2 is 1.82 bits per heavy atom. The van der Waals surface area contributed by atoms with Gasteiger partial charge < -0.3 is 4.48 Å². The van der Waals surface area contributed by atoms with Crippen molar-refractivity contribution in [2.45, 2.75) is 39.2 Å². The van der Waals surface area contributed by atoms with E-state index in [1.807, 2.05) is 0 Å². The lowest BCUT2D eigenvalue weighted by Crippen LogP contribution is -2.43. The van der Waals surface area contributed by atoms with Crippen molar-refractivity contribution in [3.63, 3.8) is 0 Å². The van der Waals surface area contributed by atoms with Crippen LogP contribution in [0.25, 0.3) is 0 Å². The standard InChI is InChI=1S/C10H22N/c1-5-9-7-10(6-2)11(3,4)8-9/h9-10H,5-8H2,1-4H3/q+1. The van der Waals surface area contributed by atoms with Crippen LogP contribution in [0.3, 0.4) is 0 Å². The summed E-state index contributed by atoms with van der Waals surface area (Å²) in [5, 5.41) is 0. The molecule has 1 rings (SSSR count). The molecule has 0 aromatic carbocycles. The van der Waals surface area contributed by atoms with Gasteiger partial charge >= 0.3 is 0 Å². The number of rotatable bonds is 2. The van der Waals surface area contributed by atoms with E-state index in [2.05, 4.69) is 27.9 Å². The van der Waals surface area contributed by atoms with Crippen LogP contribution in [0, 0.1) is 5.92 Å². The van der Waals surface area contributed by atoms with Gasteiger partial charge in [0.2, 0.25) is 0 Å². The second kappa shape index (κ2) is 3.14. The molecule has 1 nitrogen and oxygen atoms in total. The third-order valence-electron chi connectivity index (χ3n) is 3.37. The van der Waals surface area contributed by atoms with E-state index in [9.17, 15) is 0 Å². The molecule has 0 spiro atoms. The lowest BCUT2D eigenvalue weighted by atomic mass is 10.0. The number of likely N-dealkylation sites (tertiary alicyclic amines) is 1. The van der Waals surface area contributed by atoms with Crippen LogP contribution in [0.2, 0.25) is 0 Å². The predicted molar refractivity (Wildman–Crippen MR) is 49.5 cm³/mol. The maximum Gasteiger partial charge on any atom is 0.0888 e. The zero-order valence-electron chi connectivity index (χ0n) is 8.43. The van der Waals surface area contributed by atoms with E-state index in [1.165, 1.54) is 30.3 Å². The second-order valence-electron chi connectivity index (χ2n) is 4.53.